The van der Waals surface area contributed by atoms with Gasteiger partial charge in [0.15, 0.2) is 5.82 Å². The van der Waals surface area contributed by atoms with E-state index in [2.05, 4.69) is 39.4 Å². The monoisotopic (exact) mass is 319 g/mol. The molecule has 0 atom stereocenters. The molecular formula is C15H21N5OS. The van der Waals surface area contributed by atoms with Crippen LogP contribution in [0.3, 0.4) is 0 Å². The first kappa shape index (κ1) is 16.2. The van der Waals surface area contributed by atoms with Gasteiger partial charge in [-0.2, -0.15) is 4.98 Å². The van der Waals surface area contributed by atoms with Crippen molar-refractivity contribution in [3.05, 3.63) is 23.6 Å². The van der Waals surface area contributed by atoms with Crippen LogP contribution in [0.2, 0.25) is 0 Å². The van der Waals surface area contributed by atoms with Crippen LogP contribution in [-0.2, 0) is 0 Å². The summed E-state index contributed by atoms with van der Waals surface area (Å²) < 4.78 is 0.882. The number of carbonyl (C=O) groups is 1. The standard InChI is InChI=1S/C15H21N5OS/c1-4-6-8-17-15(21)20-13-12-11(10(3)9-22-12)18-14(19-13)16-7-5-2/h5,9H,2,4,6-8H2,1,3H3,(H3,16,17,18,19,20,21). The third kappa shape index (κ3) is 3.94. The molecular weight excluding hydrogens is 298 g/mol. The molecule has 0 aliphatic carbocycles. The number of fused-ring (bicyclic) bond motifs is 1. The smallest absolute Gasteiger partial charge is 0.320 e. The lowest BCUT2D eigenvalue weighted by atomic mass is 10.3. The molecule has 7 heteroatoms. The van der Waals surface area contributed by atoms with Crippen LogP contribution in [0.4, 0.5) is 16.6 Å². The van der Waals surface area contributed by atoms with Crippen LogP contribution in [-0.4, -0.2) is 29.1 Å². The molecule has 2 amide bonds. The van der Waals surface area contributed by atoms with Gasteiger partial charge in [0.25, 0.3) is 0 Å². The minimum atomic E-state index is -0.242. The average molecular weight is 319 g/mol. The predicted octanol–water partition coefficient (Wildman–Crippen LogP) is 3.52. The lowest BCUT2D eigenvalue weighted by molar-refractivity contribution is 0.252. The zero-order valence-electron chi connectivity index (χ0n) is 12.9. The van der Waals surface area contributed by atoms with Crippen LogP contribution in [0.25, 0.3) is 10.2 Å². The lowest BCUT2D eigenvalue weighted by Gasteiger charge is -2.09. The summed E-state index contributed by atoms with van der Waals surface area (Å²) in [7, 11) is 0. The Kier molecular flexibility index (Phi) is 5.71. The Bertz CT molecular complexity index is 667. The summed E-state index contributed by atoms with van der Waals surface area (Å²) in [6.07, 6.45) is 3.73. The molecule has 3 N–H and O–H groups in total. The summed E-state index contributed by atoms with van der Waals surface area (Å²) in [4.78, 5) is 20.8. The fourth-order valence-corrected chi connectivity index (χ4v) is 2.82. The highest BCUT2D eigenvalue weighted by Gasteiger charge is 2.13. The average Bonchev–Trinajstić information content (AvgIpc) is 2.87. The van der Waals surface area contributed by atoms with Gasteiger partial charge < -0.3 is 10.6 Å². The molecule has 0 aliphatic heterocycles. The van der Waals surface area contributed by atoms with Crippen molar-refractivity contribution in [1.82, 2.24) is 15.3 Å². The highest BCUT2D eigenvalue weighted by atomic mass is 32.1. The number of aromatic nitrogens is 2. The maximum atomic E-state index is 11.9. The highest BCUT2D eigenvalue weighted by Crippen LogP contribution is 2.30. The van der Waals surface area contributed by atoms with Crippen molar-refractivity contribution in [2.45, 2.75) is 26.7 Å². The van der Waals surface area contributed by atoms with E-state index in [0.29, 0.717) is 24.9 Å². The van der Waals surface area contributed by atoms with E-state index >= 15 is 0 Å². The normalized spacial score (nSPS) is 10.5. The molecule has 0 saturated heterocycles. The number of carbonyl (C=O) groups excluding carboxylic acids is 1. The zero-order chi connectivity index (χ0) is 15.9. The Morgan fingerprint density at radius 2 is 2.27 bits per heavy atom. The van der Waals surface area contributed by atoms with E-state index < -0.39 is 0 Å². The second-order valence-corrected chi connectivity index (χ2v) is 5.78. The first-order chi connectivity index (χ1) is 10.7. The van der Waals surface area contributed by atoms with Crippen molar-refractivity contribution in [1.29, 1.82) is 0 Å². The van der Waals surface area contributed by atoms with Crippen molar-refractivity contribution in [2.24, 2.45) is 0 Å². The molecule has 0 radical (unpaired) electrons. The largest absolute Gasteiger partial charge is 0.351 e. The van der Waals surface area contributed by atoms with Crippen LogP contribution in [0.15, 0.2) is 18.0 Å². The number of urea groups is 1. The molecule has 0 aliphatic rings. The van der Waals surface area contributed by atoms with E-state index in [9.17, 15) is 4.79 Å². The third-order valence-electron chi connectivity index (χ3n) is 3.04. The van der Waals surface area contributed by atoms with E-state index in [0.717, 1.165) is 28.6 Å². The number of nitrogens with zero attached hydrogens (tertiary/aromatic N) is 2. The van der Waals surface area contributed by atoms with Crippen molar-refractivity contribution in [3.8, 4) is 0 Å². The molecule has 0 spiro atoms. The number of rotatable bonds is 7. The molecule has 0 aromatic carbocycles. The van der Waals surface area contributed by atoms with Crippen molar-refractivity contribution < 1.29 is 4.79 Å². The van der Waals surface area contributed by atoms with Gasteiger partial charge in [0.1, 0.15) is 0 Å². The second-order valence-electron chi connectivity index (χ2n) is 4.90. The summed E-state index contributed by atoms with van der Waals surface area (Å²) >= 11 is 1.53. The maximum Gasteiger partial charge on any atom is 0.320 e. The molecule has 22 heavy (non-hydrogen) atoms. The van der Waals surface area contributed by atoms with Gasteiger partial charge in [0, 0.05) is 13.1 Å². The Labute approximate surface area is 134 Å². The summed E-state index contributed by atoms with van der Waals surface area (Å²) in [6.45, 7) is 8.96. The Morgan fingerprint density at radius 1 is 1.45 bits per heavy atom. The molecule has 2 rings (SSSR count). The minimum absolute atomic E-state index is 0.242. The number of thiophene rings is 1. The van der Waals surface area contributed by atoms with E-state index in [-0.39, 0.29) is 6.03 Å². The topological polar surface area (TPSA) is 78.9 Å². The fourth-order valence-electron chi connectivity index (χ4n) is 1.89. The fraction of sp³-hybridized carbons (Fsp3) is 0.400. The lowest BCUT2D eigenvalue weighted by Crippen LogP contribution is -2.30. The number of nitrogens with one attached hydrogen (secondary N) is 3. The first-order valence-corrected chi connectivity index (χ1v) is 8.19. The van der Waals surface area contributed by atoms with Crippen molar-refractivity contribution in [2.75, 3.05) is 23.7 Å². The third-order valence-corrected chi connectivity index (χ3v) is 4.14. The summed E-state index contributed by atoms with van der Waals surface area (Å²) in [5.74, 6) is 1.02. The van der Waals surface area contributed by atoms with Gasteiger partial charge in [0.2, 0.25) is 5.95 Å². The van der Waals surface area contributed by atoms with Crippen LogP contribution < -0.4 is 16.0 Å². The number of unbranched alkanes of at least 4 members (excludes halogenated alkanes) is 1. The molecule has 2 aromatic rings. The summed E-state index contributed by atoms with van der Waals surface area (Å²) in [5.41, 5.74) is 1.92. The number of hydrogen-bond donors (Lipinski definition) is 3. The van der Waals surface area contributed by atoms with Crippen LogP contribution >= 0.6 is 11.3 Å². The number of amides is 2. The molecule has 0 bridgehead atoms. The van der Waals surface area contributed by atoms with Crippen LogP contribution in [0, 0.1) is 6.92 Å². The number of hydrogen-bond acceptors (Lipinski definition) is 5. The Balaban J connectivity index is 2.22. The molecule has 0 fully saturated rings. The second kappa shape index (κ2) is 7.74. The number of aryl methyl sites for hydroxylation is 1. The molecule has 0 unspecified atom stereocenters. The quantitative estimate of drug-likeness (QED) is 0.539. The molecule has 2 heterocycles. The maximum absolute atomic E-state index is 11.9. The van der Waals surface area contributed by atoms with Crippen molar-refractivity contribution >= 4 is 39.4 Å². The van der Waals surface area contributed by atoms with Gasteiger partial charge in [0.05, 0.1) is 10.2 Å². The Hall–Kier alpha value is -2.15. The molecule has 6 nitrogen and oxygen atoms in total. The summed E-state index contributed by atoms with van der Waals surface area (Å²) in [6, 6.07) is -0.242. The first-order valence-electron chi connectivity index (χ1n) is 7.31. The summed E-state index contributed by atoms with van der Waals surface area (Å²) in [5, 5.41) is 10.7. The van der Waals surface area contributed by atoms with Gasteiger partial charge in [-0.05, 0) is 24.3 Å². The Morgan fingerprint density at radius 3 is 3.00 bits per heavy atom. The van der Waals surface area contributed by atoms with E-state index in [1.54, 1.807) is 6.08 Å². The molecule has 0 saturated carbocycles. The van der Waals surface area contributed by atoms with Gasteiger partial charge in [-0.25, -0.2) is 9.78 Å². The molecule has 2 aromatic heterocycles. The van der Waals surface area contributed by atoms with Gasteiger partial charge in [-0.3, -0.25) is 5.32 Å². The zero-order valence-corrected chi connectivity index (χ0v) is 13.7. The SMILES string of the molecule is C=CCNc1nc(NC(=O)NCCCC)c2scc(C)c2n1. The van der Waals surface area contributed by atoms with Crippen LogP contribution in [0.5, 0.6) is 0 Å². The van der Waals surface area contributed by atoms with Gasteiger partial charge in [-0.15, -0.1) is 17.9 Å². The van der Waals surface area contributed by atoms with E-state index in [1.807, 2.05) is 12.3 Å². The van der Waals surface area contributed by atoms with Gasteiger partial charge >= 0.3 is 6.03 Å². The van der Waals surface area contributed by atoms with Gasteiger partial charge in [-0.1, -0.05) is 19.4 Å². The predicted molar refractivity (Wildman–Crippen MR) is 92.8 cm³/mol. The molecule has 118 valence electrons. The van der Waals surface area contributed by atoms with E-state index in [4.69, 9.17) is 0 Å². The highest BCUT2D eigenvalue weighted by molar-refractivity contribution is 7.18. The van der Waals surface area contributed by atoms with Crippen molar-refractivity contribution in [3.63, 3.8) is 0 Å². The minimum Gasteiger partial charge on any atom is -0.351 e. The van der Waals surface area contributed by atoms with Crippen LogP contribution in [0.1, 0.15) is 25.3 Å². The number of anilines is 2. The van der Waals surface area contributed by atoms with E-state index in [1.165, 1.54) is 11.3 Å².